The van der Waals surface area contributed by atoms with Gasteiger partial charge in [0.25, 0.3) is 0 Å². The fourth-order valence-corrected chi connectivity index (χ4v) is 1.72. The van der Waals surface area contributed by atoms with Crippen LogP contribution in [0.4, 0.5) is 4.39 Å². The third kappa shape index (κ3) is 3.21. The van der Waals surface area contributed by atoms with E-state index in [4.69, 9.17) is 22.1 Å². The zero-order valence-corrected chi connectivity index (χ0v) is 10.4. The number of hydrogen-bond donors (Lipinski definition) is 2. The highest BCUT2D eigenvalue weighted by molar-refractivity contribution is 6.32. The number of nitrogens with zero attached hydrogens (tertiary/aromatic N) is 1. The summed E-state index contributed by atoms with van der Waals surface area (Å²) in [6, 6.07) is 3.99. The molecular formula is C12H13ClFN3O. The first-order valence-electron chi connectivity index (χ1n) is 5.49. The molecule has 0 saturated carbocycles. The van der Waals surface area contributed by atoms with Gasteiger partial charge < -0.3 is 15.5 Å². The summed E-state index contributed by atoms with van der Waals surface area (Å²) in [5.41, 5.74) is 6.40. The highest BCUT2D eigenvalue weighted by atomic mass is 35.5. The van der Waals surface area contributed by atoms with E-state index >= 15 is 0 Å². The number of aromatic amines is 1. The van der Waals surface area contributed by atoms with E-state index in [0.29, 0.717) is 18.1 Å². The molecular weight excluding hydrogens is 257 g/mol. The van der Waals surface area contributed by atoms with Gasteiger partial charge >= 0.3 is 0 Å². The largest absolute Gasteiger partial charge is 0.484 e. The van der Waals surface area contributed by atoms with Crippen LogP contribution < -0.4 is 10.5 Å². The smallest absolute Gasteiger partial charge is 0.146 e. The fourth-order valence-electron chi connectivity index (χ4n) is 1.50. The van der Waals surface area contributed by atoms with Crippen molar-refractivity contribution in [2.45, 2.75) is 13.0 Å². The minimum absolute atomic E-state index is 0.240. The van der Waals surface area contributed by atoms with Gasteiger partial charge in [0.2, 0.25) is 0 Å². The van der Waals surface area contributed by atoms with Crippen molar-refractivity contribution in [3.63, 3.8) is 0 Å². The van der Waals surface area contributed by atoms with Crippen LogP contribution in [0.1, 0.15) is 11.5 Å². The molecule has 1 aromatic carbocycles. The number of H-pyrrole nitrogens is 1. The van der Waals surface area contributed by atoms with E-state index in [1.54, 1.807) is 6.20 Å². The highest BCUT2D eigenvalue weighted by Crippen LogP contribution is 2.25. The van der Waals surface area contributed by atoms with Crippen LogP contribution in [0.3, 0.4) is 0 Å². The molecule has 0 bridgehead atoms. The average molecular weight is 270 g/mol. The molecule has 1 heterocycles. The van der Waals surface area contributed by atoms with Gasteiger partial charge in [0.15, 0.2) is 0 Å². The Hall–Kier alpha value is -1.59. The fraction of sp³-hybridized carbons (Fsp3) is 0.250. The minimum Gasteiger partial charge on any atom is -0.484 e. The van der Waals surface area contributed by atoms with Gasteiger partial charge in [-0.2, -0.15) is 0 Å². The van der Waals surface area contributed by atoms with Crippen LogP contribution in [-0.2, 0) is 13.0 Å². The Bertz CT molecular complexity index is 530. The zero-order chi connectivity index (χ0) is 13.0. The number of imidazole rings is 1. The van der Waals surface area contributed by atoms with Gasteiger partial charge in [-0.15, -0.1) is 0 Å². The SMILES string of the molecule is NCCc1cnc(COc2ccc(F)cc2Cl)[nH]1. The third-order valence-electron chi connectivity index (χ3n) is 2.35. The van der Waals surface area contributed by atoms with Crippen LogP contribution in [0.5, 0.6) is 5.75 Å². The highest BCUT2D eigenvalue weighted by Gasteiger charge is 2.05. The second-order valence-corrected chi connectivity index (χ2v) is 4.16. The summed E-state index contributed by atoms with van der Waals surface area (Å²) in [5.74, 6) is 0.712. The van der Waals surface area contributed by atoms with Crippen molar-refractivity contribution in [1.29, 1.82) is 0 Å². The van der Waals surface area contributed by atoms with E-state index in [9.17, 15) is 4.39 Å². The van der Waals surface area contributed by atoms with E-state index in [1.807, 2.05) is 0 Å². The number of rotatable bonds is 5. The standard InChI is InChI=1S/C12H13ClFN3O/c13-10-5-8(14)1-2-11(10)18-7-12-16-6-9(17-12)3-4-15/h1-2,5-6H,3-4,7,15H2,(H,16,17). The van der Waals surface area contributed by atoms with Gasteiger partial charge in [-0.3, -0.25) is 0 Å². The van der Waals surface area contributed by atoms with E-state index in [0.717, 1.165) is 12.1 Å². The Kier molecular flexibility index (Phi) is 4.17. The molecule has 0 aliphatic carbocycles. The second-order valence-electron chi connectivity index (χ2n) is 3.76. The summed E-state index contributed by atoms with van der Waals surface area (Å²) >= 11 is 5.84. The van der Waals surface area contributed by atoms with Crippen molar-refractivity contribution < 1.29 is 9.13 Å². The first-order chi connectivity index (χ1) is 8.69. The predicted octanol–water partition coefficient (Wildman–Crippen LogP) is 2.28. The van der Waals surface area contributed by atoms with Crippen LogP contribution >= 0.6 is 11.6 Å². The summed E-state index contributed by atoms with van der Waals surface area (Å²) in [6.07, 6.45) is 2.46. The molecule has 0 aliphatic heterocycles. The van der Waals surface area contributed by atoms with Crippen molar-refractivity contribution in [2.75, 3.05) is 6.54 Å². The summed E-state index contributed by atoms with van der Waals surface area (Å²) in [4.78, 5) is 7.23. The molecule has 0 unspecified atom stereocenters. The second kappa shape index (κ2) is 5.84. The Morgan fingerprint density at radius 2 is 2.28 bits per heavy atom. The van der Waals surface area contributed by atoms with Crippen LogP contribution in [0.2, 0.25) is 5.02 Å². The molecule has 0 atom stereocenters. The topological polar surface area (TPSA) is 63.9 Å². The maximum absolute atomic E-state index is 12.8. The monoisotopic (exact) mass is 269 g/mol. The first-order valence-corrected chi connectivity index (χ1v) is 5.87. The molecule has 0 aliphatic rings. The van der Waals surface area contributed by atoms with Gasteiger partial charge in [-0.05, 0) is 24.7 Å². The van der Waals surface area contributed by atoms with Gasteiger partial charge in [0.05, 0.1) is 5.02 Å². The number of nitrogens with one attached hydrogen (secondary N) is 1. The molecule has 1 aromatic heterocycles. The van der Waals surface area contributed by atoms with Crippen molar-refractivity contribution in [3.05, 3.63) is 46.8 Å². The van der Waals surface area contributed by atoms with Crippen molar-refractivity contribution in [1.82, 2.24) is 9.97 Å². The third-order valence-corrected chi connectivity index (χ3v) is 2.65. The number of halogens is 2. The lowest BCUT2D eigenvalue weighted by Crippen LogP contribution is -2.03. The van der Waals surface area contributed by atoms with E-state index in [-0.39, 0.29) is 11.6 Å². The van der Waals surface area contributed by atoms with Crippen LogP contribution in [0.15, 0.2) is 24.4 Å². The molecule has 96 valence electrons. The van der Waals surface area contributed by atoms with E-state index < -0.39 is 5.82 Å². The lowest BCUT2D eigenvalue weighted by atomic mass is 10.3. The molecule has 18 heavy (non-hydrogen) atoms. The Morgan fingerprint density at radius 1 is 1.44 bits per heavy atom. The van der Waals surface area contributed by atoms with Gasteiger partial charge in [-0.1, -0.05) is 11.6 Å². The van der Waals surface area contributed by atoms with Crippen molar-refractivity contribution >= 4 is 11.6 Å². The summed E-state index contributed by atoms with van der Waals surface area (Å²) in [6.45, 7) is 0.808. The maximum atomic E-state index is 12.8. The molecule has 6 heteroatoms. The lowest BCUT2D eigenvalue weighted by Gasteiger charge is -2.06. The molecule has 0 fully saturated rings. The summed E-state index contributed by atoms with van der Waals surface area (Å²) in [7, 11) is 0. The number of aromatic nitrogens is 2. The number of benzene rings is 1. The van der Waals surface area contributed by atoms with Gasteiger partial charge in [-0.25, -0.2) is 9.37 Å². The predicted molar refractivity (Wildman–Crippen MR) is 67.1 cm³/mol. The zero-order valence-electron chi connectivity index (χ0n) is 9.62. The van der Waals surface area contributed by atoms with Gasteiger partial charge in [0.1, 0.15) is 24.0 Å². The minimum atomic E-state index is -0.393. The van der Waals surface area contributed by atoms with E-state index in [2.05, 4.69) is 9.97 Å². The first kappa shape index (κ1) is 12.9. The molecule has 2 rings (SSSR count). The molecule has 0 spiro atoms. The maximum Gasteiger partial charge on any atom is 0.146 e. The molecule has 0 amide bonds. The Balaban J connectivity index is 1.97. The van der Waals surface area contributed by atoms with Gasteiger partial charge in [0, 0.05) is 18.3 Å². The van der Waals surface area contributed by atoms with Crippen molar-refractivity contribution in [2.24, 2.45) is 5.73 Å². The van der Waals surface area contributed by atoms with Crippen LogP contribution in [0.25, 0.3) is 0 Å². The van der Waals surface area contributed by atoms with Crippen LogP contribution in [0, 0.1) is 5.82 Å². The molecule has 0 radical (unpaired) electrons. The quantitative estimate of drug-likeness (QED) is 0.875. The van der Waals surface area contributed by atoms with Crippen LogP contribution in [-0.4, -0.2) is 16.5 Å². The Labute approximate surface area is 109 Å². The number of hydrogen-bond acceptors (Lipinski definition) is 3. The number of nitrogens with two attached hydrogens (primary N) is 1. The summed E-state index contributed by atoms with van der Waals surface area (Å²) < 4.78 is 18.3. The molecule has 2 aromatic rings. The summed E-state index contributed by atoms with van der Waals surface area (Å²) in [5, 5.41) is 0.240. The average Bonchev–Trinajstić information content (AvgIpc) is 2.76. The lowest BCUT2D eigenvalue weighted by molar-refractivity contribution is 0.296. The Morgan fingerprint density at radius 3 is 3.00 bits per heavy atom. The van der Waals surface area contributed by atoms with Crippen molar-refractivity contribution in [3.8, 4) is 5.75 Å². The number of ether oxygens (including phenoxy) is 1. The van der Waals surface area contributed by atoms with E-state index in [1.165, 1.54) is 18.2 Å². The molecule has 0 saturated heterocycles. The normalized spacial score (nSPS) is 10.6. The molecule has 4 nitrogen and oxygen atoms in total. The molecule has 3 N–H and O–H groups in total.